The minimum Gasteiger partial charge on any atom is -0.262 e. The van der Waals surface area contributed by atoms with Crippen molar-refractivity contribution in [2.75, 3.05) is 0 Å². The van der Waals surface area contributed by atoms with E-state index in [1.54, 1.807) is 0 Å². The van der Waals surface area contributed by atoms with Gasteiger partial charge in [-0.3, -0.25) is 4.98 Å². The van der Waals surface area contributed by atoms with E-state index < -0.39 is 23.1 Å². The summed E-state index contributed by atoms with van der Waals surface area (Å²) in [7, 11) is 0. The van der Waals surface area contributed by atoms with Crippen molar-refractivity contribution in [2.24, 2.45) is 0 Å². The number of nitrogens with one attached hydrogen (secondary N) is 1. The molecule has 6 nitrogen and oxygen atoms in total. The predicted octanol–water partition coefficient (Wildman–Crippen LogP) is 0.369. The molecule has 0 spiro atoms. The van der Waals surface area contributed by atoms with E-state index in [1.807, 2.05) is 5.10 Å². The second-order valence-corrected chi connectivity index (χ2v) is 2.81. The Morgan fingerprint density at radius 3 is 2.69 bits per heavy atom. The molecule has 0 amide bonds. The Labute approximate surface area is 85.7 Å². The van der Waals surface area contributed by atoms with Crippen LogP contribution in [-0.2, 0) is 6.18 Å². The molecule has 0 aliphatic rings. The first-order valence-corrected chi connectivity index (χ1v) is 4.02. The lowest BCUT2D eigenvalue weighted by Gasteiger charge is -2.09. The number of H-pyrrole nitrogens is 1. The number of tetrazole rings is 1. The van der Waals surface area contributed by atoms with Crippen LogP contribution in [0.4, 0.5) is 13.2 Å². The van der Waals surface area contributed by atoms with Gasteiger partial charge >= 0.3 is 11.9 Å². The number of halogens is 3. The standard InChI is InChI=1S/C7H4F3N5O/c8-7(9,10)4-1-2-11-3-5(4)15-6(16)12-13-14-15/h1-3H,(H,12,14,16). The summed E-state index contributed by atoms with van der Waals surface area (Å²) in [6.45, 7) is 0. The van der Waals surface area contributed by atoms with Crippen LogP contribution in [-0.4, -0.2) is 25.2 Å². The minimum absolute atomic E-state index is 0.464. The van der Waals surface area contributed by atoms with Crippen LogP contribution in [0, 0.1) is 0 Å². The molecule has 16 heavy (non-hydrogen) atoms. The number of hydrogen-bond acceptors (Lipinski definition) is 4. The van der Waals surface area contributed by atoms with Crippen LogP contribution in [0.2, 0.25) is 0 Å². The third-order valence-corrected chi connectivity index (χ3v) is 1.81. The lowest BCUT2D eigenvalue weighted by Crippen LogP contribution is -2.20. The fraction of sp³-hybridized carbons (Fsp3) is 0.143. The Morgan fingerprint density at radius 2 is 2.12 bits per heavy atom. The number of pyridine rings is 1. The minimum atomic E-state index is -4.59. The zero-order valence-corrected chi connectivity index (χ0v) is 7.56. The van der Waals surface area contributed by atoms with Crippen molar-refractivity contribution < 1.29 is 13.2 Å². The molecule has 2 aromatic heterocycles. The second kappa shape index (κ2) is 3.43. The van der Waals surface area contributed by atoms with E-state index in [-0.39, 0.29) is 0 Å². The third-order valence-electron chi connectivity index (χ3n) is 1.81. The van der Waals surface area contributed by atoms with Crippen LogP contribution in [0.15, 0.2) is 23.3 Å². The molecule has 2 heterocycles. The molecule has 9 heteroatoms. The number of rotatable bonds is 1. The lowest BCUT2D eigenvalue weighted by molar-refractivity contribution is -0.137. The first-order chi connectivity index (χ1) is 7.50. The lowest BCUT2D eigenvalue weighted by atomic mass is 10.2. The zero-order valence-electron chi connectivity index (χ0n) is 7.56. The first kappa shape index (κ1) is 10.3. The molecule has 84 valence electrons. The SMILES string of the molecule is O=c1[nH]nnn1-c1cnccc1C(F)(F)F. The van der Waals surface area contributed by atoms with E-state index in [0.29, 0.717) is 4.68 Å². The maximum absolute atomic E-state index is 12.6. The molecule has 0 fully saturated rings. The van der Waals surface area contributed by atoms with Crippen molar-refractivity contribution >= 4 is 0 Å². The average molecular weight is 231 g/mol. The Bertz CT molecular complexity index is 557. The molecule has 0 saturated carbocycles. The second-order valence-electron chi connectivity index (χ2n) is 2.81. The highest BCUT2D eigenvalue weighted by atomic mass is 19.4. The summed E-state index contributed by atoms with van der Waals surface area (Å²) in [6.07, 6.45) is -2.71. The molecule has 0 radical (unpaired) electrons. The number of hydrogen-bond donors (Lipinski definition) is 1. The summed E-state index contributed by atoms with van der Waals surface area (Å²) in [5, 5.41) is 8.22. The number of aromatic nitrogens is 5. The Morgan fingerprint density at radius 1 is 1.38 bits per heavy atom. The highest BCUT2D eigenvalue weighted by Crippen LogP contribution is 2.32. The van der Waals surface area contributed by atoms with E-state index >= 15 is 0 Å². The highest BCUT2D eigenvalue weighted by molar-refractivity contribution is 5.38. The maximum Gasteiger partial charge on any atom is 0.418 e. The van der Waals surface area contributed by atoms with Crippen molar-refractivity contribution in [3.8, 4) is 5.69 Å². The van der Waals surface area contributed by atoms with E-state index in [9.17, 15) is 18.0 Å². The van der Waals surface area contributed by atoms with Crippen molar-refractivity contribution in [1.29, 1.82) is 0 Å². The number of nitrogens with zero attached hydrogens (tertiary/aromatic N) is 4. The molecular weight excluding hydrogens is 227 g/mol. The summed E-state index contributed by atoms with van der Waals surface area (Å²) < 4.78 is 38.2. The molecule has 0 aliphatic heterocycles. The summed E-state index contributed by atoms with van der Waals surface area (Å²) >= 11 is 0. The Hall–Kier alpha value is -2.19. The maximum atomic E-state index is 12.6. The van der Waals surface area contributed by atoms with E-state index in [1.165, 1.54) is 0 Å². The summed E-state index contributed by atoms with van der Waals surface area (Å²) in [4.78, 5) is 14.6. The van der Waals surface area contributed by atoms with Gasteiger partial charge in [0.15, 0.2) is 0 Å². The van der Waals surface area contributed by atoms with Crippen LogP contribution in [0.3, 0.4) is 0 Å². The summed E-state index contributed by atoms with van der Waals surface area (Å²) in [6, 6.07) is 0.760. The van der Waals surface area contributed by atoms with E-state index in [0.717, 1.165) is 18.5 Å². The molecule has 0 bridgehead atoms. The normalized spacial score (nSPS) is 11.7. The molecular formula is C7H4F3N5O. The van der Waals surface area contributed by atoms with Gasteiger partial charge in [0.1, 0.15) is 5.69 Å². The quantitative estimate of drug-likeness (QED) is 0.769. The Balaban J connectivity index is 2.67. The summed E-state index contributed by atoms with van der Waals surface area (Å²) in [5.41, 5.74) is -2.33. The van der Waals surface area contributed by atoms with Gasteiger partial charge in [0.05, 0.1) is 11.8 Å². The van der Waals surface area contributed by atoms with E-state index in [4.69, 9.17) is 0 Å². The zero-order chi connectivity index (χ0) is 11.8. The fourth-order valence-electron chi connectivity index (χ4n) is 1.15. The fourth-order valence-corrected chi connectivity index (χ4v) is 1.15. The topological polar surface area (TPSA) is 76.5 Å². The van der Waals surface area contributed by atoms with Crippen molar-refractivity contribution in [3.05, 3.63) is 34.5 Å². The van der Waals surface area contributed by atoms with Gasteiger partial charge in [-0.2, -0.15) is 17.9 Å². The van der Waals surface area contributed by atoms with Crippen molar-refractivity contribution in [2.45, 2.75) is 6.18 Å². The van der Waals surface area contributed by atoms with E-state index in [2.05, 4.69) is 15.4 Å². The molecule has 0 aromatic carbocycles. The molecule has 0 saturated heterocycles. The molecule has 2 rings (SSSR count). The molecule has 0 aliphatic carbocycles. The van der Waals surface area contributed by atoms with Gasteiger partial charge in [-0.05, 0) is 16.5 Å². The van der Waals surface area contributed by atoms with Crippen LogP contribution >= 0.6 is 0 Å². The van der Waals surface area contributed by atoms with Gasteiger partial charge < -0.3 is 0 Å². The molecule has 2 aromatic rings. The van der Waals surface area contributed by atoms with Gasteiger partial charge in [-0.15, -0.1) is 0 Å². The van der Waals surface area contributed by atoms with Gasteiger partial charge in [-0.25, -0.2) is 9.89 Å². The first-order valence-electron chi connectivity index (χ1n) is 4.02. The smallest absolute Gasteiger partial charge is 0.262 e. The predicted molar refractivity (Wildman–Crippen MR) is 44.8 cm³/mol. The van der Waals surface area contributed by atoms with Crippen LogP contribution in [0.25, 0.3) is 5.69 Å². The average Bonchev–Trinajstić information content (AvgIpc) is 2.63. The molecule has 0 atom stereocenters. The van der Waals surface area contributed by atoms with Crippen molar-refractivity contribution in [3.63, 3.8) is 0 Å². The Kier molecular flexibility index (Phi) is 2.22. The van der Waals surface area contributed by atoms with Gasteiger partial charge in [0.2, 0.25) is 0 Å². The third kappa shape index (κ3) is 1.66. The van der Waals surface area contributed by atoms with Gasteiger partial charge in [-0.1, -0.05) is 0 Å². The van der Waals surface area contributed by atoms with Gasteiger partial charge in [0.25, 0.3) is 0 Å². The largest absolute Gasteiger partial charge is 0.418 e. The van der Waals surface area contributed by atoms with Crippen LogP contribution in [0.1, 0.15) is 5.56 Å². The molecule has 1 N–H and O–H groups in total. The number of aromatic amines is 1. The monoisotopic (exact) mass is 231 g/mol. The number of alkyl halides is 3. The van der Waals surface area contributed by atoms with Gasteiger partial charge in [0, 0.05) is 6.20 Å². The van der Waals surface area contributed by atoms with Crippen LogP contribution < -0.4 is 5.69 Å². The van der Waals surface area contributed by atoms with Crippen LogP contribution in [0.5, 0.6) is 0 Å². The summed E-state index contributed by atoms with van der Waals surface area (Å²) in [5.74, 6) is 0. The molecule has 0 unspecified atom stereocenters. The highest BCUT2D eigenvalue weighted by Gasteiger charge is 2.34. The van der Waals surface area contributed by atoms with Crippen molar-refractivity contribution in [1.82, 2.24) is 25.2 Å².